The summed E-state index contributed by atoms with van der Waals surface area (Å²) in [5.41, 5.74) is 3.51. The molecule has 5 heterocycles. The first kappa shape index (κ1) is 27.9. The fourth-order valence-electron chi connectivity index (χ4n) is 6.96. The lowest BCUT2D eigenvalue weighted by Crippen LogP contribution is -2.52. The molecule has 3 fully saturated rings. The second-order valence-corrected chi connectivity index (χ2v) is 12.9. The van der Waals surface area contributed by atoms with E-state index in [0.29, 0.717) is 24.4 Å². The molecule has 0 spiro atoms. The molecule has 0 saturated carbocycles. The summed E-state index contributed by atoms with van der Waals surface area (Å²) in [5.74, 6) is 1.11. The van der Waals surface area contributed by atoms with Gasteiger partial charge in [-0.05, 0) is 81.0 Å². The zero-order valence-electron chi connectivity index (χ0n) is 24.7. The summed E-state index contributed by atoms with van der Waals surface area (Å²) in [4.78, 5) is 50.5. The van der Waals surface area contributed by atoms with Gasteiger partial charge in [-0.15, -0.1) is 0 Å². The molecule has 43 heavy (non-hydrogen) atoms. The van der Waals surface area contributed by atoms with Gasteiger partial charge < -0.3 is 14.4 Å². The lowest BCUT2D eigenvalue weighted by atomic mass is 9.88. The smallest absolute Gasteiger partial charge is 0.255 e. The van der Waals surface area contributed by atoms with Gasteiger partial charge in [0.25, 0.3) is 5.91 Å². The van der Waals surface area contributed by atoms with E-state index in [4.69, 9.17) is 19.4 Å². The lowest BCUT2D eigenvalue weighted by Gasteiger charge is -2.34. The van der Waals surface area contributed by atoms with Gasteiger partial charge in [-0.1, -0.05) is 6.07 Å². The number of carbonyl (C=O) groups excluding carboxylic acids is 3. The number of likely N-dealkylation sites (tertiary alicyclic amines) is 1. The molecular formula is C33H39N5O5. The van der Waals surface area contributed by atoms with Crippen LogP contribution in [0.5, 0.6) is 5.75 Å². The van der Waals surface area contributed by atoms with E-state index in [1.54, 1.807) is 11.0 Å². The average Bonchev–Trinajstić information content (AvgIpc) is 3.55. The molecule has 3 atom stereocenters. The van der Waals surface area contributed by atoms with Gasteiger partial charge in [0.05, 0.1) is 11.1 Å². The molecule has 2 aromatic carbocycles. The van der Waals surface area contributed by atoms with Crippen molar-refractivity contribution in [3.8, 4) is 5.75 Å². The predicted octanol–water partition coefficient (Wildman–Crippen LogP) is 3.96. The lowest BCUT2D eigenvalue weighted by molar-refractivity contribution is -0.136. The van der Waals surface area contributed by atoms with E-state index in [9.17, 15) is 14.4 Å². The van der Waals surface area contributed by atoms with Crippen molar-refractivity contribution < 1.29 is 25.3 Å². The quantitative estimate of drug-likeness (QED) is 0.433. The number of amides is 3. The van der Waals surface area contributed by atoms with Crippen molar-refractivity contribution in [2.24, 2.45) is 0 Å². The molecule has 7 rings (SSSR count). The Morgan fingerprint density at radius 2 is 2.00 bits per heavy atom. The van der Waals surface area contributed by atoms with E-state index in [1.807, 2.05) is 18.3 Å². The molecule has 4 aliphatic heterocycles. The Balaban J connectivity index is 0.00000343. The molecule has 226 valence electrons. The third-order valence-electron chi connectivity index (χ3n) is 9.16. The van der Waals surface area contributed by atoms with Crippen LogP contribution in [0, 0.1) is 0 Å². The highest BCUT2D eigenvalue weighted by atomic mass is 16.5. The van der Waals surface area contributed by atoms with Gasteiger partial charge in [0.2, 0.25) is 11.8 Å². The molecule has 1 aromatic heterocycles. The third-order valence-corrected chi connectivity index (χ3v) is 9.16. The number of nitrogens with zero attached hydrogens (tertiary/aromatic N) is 4. The minimum Gasteiger partial charge on any atom is -0.489 e. The first-order valence-corrected chi connectivity index (χ1v) is 15.3. The number of carbonyl (C=O) groups is 3. The number of rotatable bonds is 6. The number of ether oxygens (including phenoxy) is 2. The first-order valence-electron chi connectivity index (χ1n) is 15.3. The van der Waals surface area contributed by atoms with Crippen LogP contribution in [0.2, 0.25) is 0 Å². The standard InChI is InChI=1S/C33H37N5O5.H2/c1-33(2)15-21(10-12-42-33)30-34-16-22-13-20(3-6-27(22)35-30)17-37-11-9-25(19-37)43-24-4-5-26-23(14-24)18-38(32(26)41)28-7-8-29(39)36-31(28)40;/h3-6,13-14,16,21,25,28H,7-12,15,17-19H2,1-2H3,(H,36,39,40);1H/t21-,25+,28?;/m1./s1. The summed E-state index contributed by atoms with van der Waals surface area (Å²) in [6, 6.07) is 11.4. The van der Waals surface area contributed by atoms with E-state index in [0.717, 1.165) is 73.5 Å². The van der Waals surface area contributed by atoms with Gasteiger partial charge in [-0.3, -0.25) is 24.6 Å². The molecule has 0 aliphatic carbocycles. The SMILES string of the molecule is CC1(C)C[C@H](c2ncc3cc(CN4CC[C@H](Oc5ccc6c(c5)CN(C5CCC(=O)NC5=O)C6=O)C4)ccc3n2)CCO1.[HH]. The number of imide groups is 1. The molecule has 4 aliphatic rings. The molecule has 0 radical (unpaired) electrons. The summed E-state index contributed by atoms with van der Waals surface area (Å²) >= 11 is 0. The molecule has 10 nitrogen and oxygen atoms in total. The molecule has 1 unspecified atom stereocenters. The molecule has 0 bridgehead atoms. The van der Waals surface area contributed by atoms with Gasteiger partial charge in [0.1, 0.15) is 23.7 Å². The van der Waals surface area contributed by atoms with Crippen molar-refractivity contribution in [1.82, 2.24) is 25.1 Å². The van der Waals surface area contributed by atoms with E-state index in [-0.39, 0.29) is 31.4 Å². The van der Waals surface area contributed by atoms with Crippen LogP contribution >= 0.6 is 0 Å². The van der Waals surface area contributed by atoms with E-state index >= 15 is 0 Å². The maximum atomic E-state index is 13.0. The second-order valence-electron chi connectivity index (χ2n) is 12.9. The molecule has 1 N–H and O–H groups in total. The molecule has 3 amide bonds. The molecule has 3 aromatic rings. The average molecular weight is 586 g/mol. The van der Waals surface area contributed by atoms with Gasteiger partial charge in [0.15, 0.2) is 0 Å². The summed E-state index contributed by atoms with van der Waals surface area (Å²) < 4.78 is 12.2. The minimum absolute atomic E-state index is 0. The molecule has 10 heteroatoms. The monoisotopic (exact) mass is 585 g/mol. The maximum absolute atomic E-state index is 13.0. The van der Waals surface area contributed by atoms with Gasteiger partial charge >= 0.3 is 0 Å². The summed E-state index contributed by atoms with van der Waals surface area (Å²) in [7, 11) is 0. The predicted molar refractivity (Wildman–Crippen MR) is 160 cm³/mol. The van der Waals surface area contributed by atoms with Crippen LogP contribution in [0.4, 0.5) is 0 Å². The number of piperidine rings is 1. The Kier molecular flexibility index (Phi) is 7.13. The summed E-state index contributed by atoms with van der Waals surface area (Å²) in [5, 5.41) is 3.40. The van der Waals surface area contributed by atoms with Crippen molar-refractivity contribution in [2.75, 3.05) is 19.7 Å². The highest BCUT2D eigenvalue weighted by Crippen LogP contribution is 2.35. The number of hydrogen-bond donors (Lipinski definition) is 1. The Hall–Kier alpha value is -3.89. The highest BCUT2D eigenvalue weighted by molar-refractivity contribution is 6.05. The van der Waals surface area contributed by atoms with E-state index in [2.05, 4.69) is 42.3 Å². The number of hydrogen-bond acceptors (Lipinski definition) is 8. The van der Waals surface area contributed by atoms with Crippen LogP contribution in [0.3, 0.4) is 0 Å². The number of fused-ring (bicyclic) bond motifs is 2. The number of benzene rings is 2. The Bertz CT molecular complexity index is 1610. The Morgan fingerprint density at radius 3 is 2.84 bits per heavy atom. The topological polar surface area (TPSA) is 114 Å². The Morgan fingerprint density at radius 1 is 1.12 bits per heavy atom. The van der Waals surface area contributed by atoms with E-state index < -0.39 is 11.9 Å². The van der Waals surface area contributed by atoms with Crippen LogP contribution in [0.15, 0.2) is 42.6 Å². The largest absolute Gasteiger partial charge is 0.489 e. The zero-order chi connectivity index (χ0) is 29.7. The van der Waals surface area contributed by atoms with Crippen molar-refractivity contribution in [3.05, 3.63) is 65.1 Å². The van der Waals surface area contributed by atoms with Crippen molar-refractivity contribution in [2.45, 2.75) is 82.7 Å². The van der Waals surface area contributed by atoms with Crippen LogP contribution < -0.4 is 10.1 Å². The molecular weight excluding hydrogens is 546 g/mol. The van der Waals surface area contributed by atoms with Crippen molar-refractivity contribution in [1.29, 1.82) is 0 Å². The maximum Gasteiger partial charge on any atom is 0.255 e. The third kappa shape index (κ3) is 5.73. The first-order chi connectivity index (χ1) is 20.7. The van der Waals surface area contributed by atoms with Crippen molar-refractivity contribution in [3.63, 3.8) is 0 Å². The van der Waals surface area contributed by atoms with Gasteiger partial charge in [-0.25, -0.2) is 9.97 Å². The fourth-order valence-corrected chi connectivity index (χ4v) is 6.96. The fraction of sp³-hybridized carbons (Fsp3) is 0.485. The second kappa shape index (κ2) is 11.0. The van der Waals surface area contributed by atoms with Crippen LogP contribution in [-0.2, 0) is 27.4 Å². The number of nitrogens with one attached hydrogen (secondary N) is 1. The normalized spacial score (nSPS) is 25.7. The van der Waals surface area contributed by atoms with Crippen LogP contribution in [-0.4, -0.2) is 74.9 Å². The van der Waals surface area contributed by atoms with Crippen molar-refractivity contribution >= 4 is 28.6 Å². The van der Waals surface area contributed by atoms with Crippen LogP contribution in [0.25, 0.3) is 10.9 Å². The van der Waals surface area contributed by atoms with Crippen LogP contribution in [0.1, 0.15) is 80.6 Å². The number of aromatic nitrogens is 2. The van der Waals surface area contributed by atoms with Gasteiger partial charge in [-0.2, -0.15) is 0 Å². The minimum atomic E-state index is -0.617. The highest BCUT2D eigenvalue weighted by Gasteiger charge is 2.39. The van der Waals surface area contributed by atoms with Gasteiger partial charge in [0, 0.05) is 63.7 Å². The van der Waals surface area contributed by atoms with E-state index in [1.165, 1.54) is 5.56 Å². The molecule has 3 saturated heterocycles. The zero-order valence-corrected chi connectivity index (χ0v) is 24.7. The summed E-state index contributed by atoms with van der Waals surface area (Å²) in [6.45, 7) is 7.92. The Labute approximate surface area is 252 Å². The summed E-state index contributed by atoms with van der Waals surface area (Å²) in [6.07, 6.45) is 5.41.